The van der Waals surface area contributed by atoms with E-state index in [1.807, 2.05) is 6.07 Å². The fourth-order valence-electron chi connectivity index (χ4n) is 1.49. The average Bonchev–Trinajstić information content (AvgIpc) is 2.25. The molecule has 0 spiro atoms. The molecule has 0 aliphatic heterocycles. The van der Waals surface area contributed by atoms with Crippen LogP contribution in [0.25, 0.3) is 0 Å². The predicted molar refractivity (Wildman–Crippen MR) is 68.6 cm³/mol. The van der Waals surface area contributed by atoms with Gasteiger partial charge in [-0.3, -0.25) is 0 Å². The first-order chi connectivity index (χ1) is 7.65. The summed E-state index contributed by atoms with van der Waals surface area (Å²) in [5, 5.41) is 0.615. The van der Waals surface area contributed by atoms with Crippen LogP contribution in [0.15, 0.2) is 18.2 Å². The minimum Gasteiger partial charge on any atom is -0.490 e. The molecule has 0 aromatic heterocycles. The van der Waals surface area contributed by atoms with E-state index in [1.165, 1.54) is 6.07 Å². The summed E-state index contributed by atoms with van der Waals surface area (Å²) in [5.74, 6) is 0.782. The summed E-state index contributed by atoms with van der Waals surface area (Å²) in [6.45, 7) is 4.93. The van der Waals surface area contributed by atoms with Crippen LogP contribution in [-0.4, -0.2) is 6.61 Å². The smallest absolute Gasteiger partial charge is 0.165 e. The molecule has 0 saturated carbocycles. The molecular weight excluding hydrogens is 271 g/mol. The molecule has 1 nitrogen and oxygen atoms in total. The average molecular weight is 289 g/mol. The Kier molecular flexibility index (Phi) is 5.81. The molecule has 16 heavy (non-hydrogen) atoms. The summed E-state index contributed by atoms with van der Waals surface area (Å²) < 4.78 is 19.0. The van der Waals surface area contributed by atoms with Crippen molar-refractivity contribution in [2.24, 2.45) is 5.92 Å². The van der Waals surface area contributed by atoms with Crippen LogP contribution >= 0.6 is 15.9 Å². The minimum absolute atomic E-state index is 0.276. The standard InChI is InChI=1S/C13H18BrFO/c1-10(2)5-4-8-16-13-11(9-14)6-3-7-12(13)15/h3,6-7,10H,4-5,8-9H2,1-2H3. The normalized spacial score (nSPS) is 10.8. The maximum Gasteiger partial charge on any atom is 0.165 e. The van der Waals surface area contributed by atoms with Gasteiger partial charge in [0, 0.05) is 10.9 Å². The molecule has 0 heterocycles. The lowest BCUT2D eigenvalue weighted by molar-refractivity contribution is 0.282. The van der Waals surface area contributed by atoms with Gasteiger partial charge in [-0.2, -0.15) is 0 Å². The number of benzene rings is 1. The van der Waals surface area contributed by atoms with Crippen molar-refractivity contribution in [3.05, 3.63) is 29.6 Å². The highest BCUT2D eigenvalue weighted by Crippen LogP contribution is 2.25. The van der Waals surface area contributed by atoms with Gasteiger partial charge in [0.1, 0.15) is 0 Å². The van der Waals surface area contributed by atoms with Crippen LogP contribution in [0.1, 0.15) is 32.3 Å². The molecule has 0 fully saturated rings. The van der Waals surface area contributed by atoms with Crippen molar-refractivity contribution in [1.82, 2.24) is 0 Å². The van der Waals surface area contributed by atoms with Gasteiger partial charge in [-0.15, -0.1) is 0 Å². The highest BCUT2D eigenvalue weighted by molar-refractivity contribution is 9.08. The van der Waals surface area contributed by atoms with E-state index in [1.54, 1.807) is 6.07 Å². The molecule has 0 amide bonds. The van der Waals surface area contributed by atoms with Crippen LogP contribution in [0.3, 0.4) is 0 Å². The van der Waals surface area contributed by atoms with Gasteiger partial charge in [0.15, 0.2) is 11.6 Å². The molecule has 0 unspecified atom stereocenters. The van der Waals surface area contributed by atoms with E-state index in [2.05, 4.69) is 29.8 Å². The Morgan fingerprint density at radius 3 is 2.75 bits per heavy atom. The summed E-state index contributed by atoms with van der Waals surface area (Å²) in [4.78, 5) is 0. The van der Waals surface area contributed by atoms with Crippen molar-refractivity contribution in [3.63, 3.8) is 0 Å². The number of para-hydroxylation sites is 1. The topological polar surface area (TPSA) is 9.23 Å². The van der Waals surface area contributed by atoms with Crippen LogP contribution in [-0.2, 0) is 5.33 Å². The van der Waals surface area contributed by atoms with E-state index in [0.29, 0.717) is 23.6 Å². The Morgan fingerprint density at radius 2 is 2.12 bits per heavy atom. The Bertz CT molecular complexity index is 326. The van der Waals surface area contributed by atoms with Crippen LogP contribution in [0.2, 0.25) is 0 Å². The molecule has 0 bridgehead atoms. The first-order valence-corrected chi connectivity index (χ1v) is 6.73. The van der Waals surface area contributed by atoms with Crippen molar-refractivity contribution < 1.29 is 9.13 Å². The Balaban J connectivity index is 2.52. The van der Waals surface area contributed by atoms with E-state index < -0.39 is 0 Å². The van der Waals surface area contributed by atoms with Gasteiger partial charge in [-0.1, -0.05) is 41.9 Å². The molecule has 0 aliphatic carbocycles. The van der Waals surface area contributed by atoms with Crippen LogP contribution in [0.4, 0.5) is 4.39 Å². The van der Waals surface area contributed by atoms with Gasteiger partial charge in [0.2, 0.25) is 0 Å². The van der Waals surface area contributed by atoms with Gasteiger partial charge >= 0.3 is 0 Å². The van der Waals surface area contributed by atoms with Gasteiger partial charge in [0.25, 0.3) is 0 Å². The number of ether oxygens (including phenoxy) is 1. The van der Waals surface area contributed by atoms with Gasteiger partial charge in [-0.25, -0.2) is 4.39 Å². The molecule has 0 atom stereocenters. The lowest BCUT2D eigenvalue weighted by Crippen LogP contribution is -2.03. The van der Waals surface area contributed by atoms with Crippen LogP contribution in [0, 0.1) is 11.7 Å². The molecule has 1 rings (SSSR count). The SMILES string of the molecule is CC(C)CCCOc1c(F)cccc1CBr. The zero-order valence-electron chi connectivity index (χ0n) is 9.80. The molecule has 0 radical (unpaired) electrons. The summed E-state index contributed by atoms with van der Waals surface area (Å²) in [6.07, 6.45) is 2.08. The fourth-order valence-corrected chi connectivity index (χ4v) is 1.93. The highest BCUT2D eigenvalue weighted by atomic mass is 79.9. The third-order valence-corrected chi connectivity index (χ3v) is 2.97. The van der Waals surface area contributed by atoms with Crippen molar-refractivity contribution in [3.8, 4) is 5.75 Å². The monoisotopic (exact) mass is 288 g/mol. The van der Waals surface area contributed by atoms with Crippen LogP contribution < -0.4 is 4.74 Å². The molecule has 0 saturated heterocycles. The Morgan fingerprint density at radius 1 is 1.38 bits per heavy atom. The van der Waals surface area contributed by atoms with E-state index in [-0.39, 0.29) is 5.82 Å². The second-order valence-corrected chi connectivity index (χ2v) is 4.81. The summed E-state index contributed by atoms with van der Waals surface area (Å²) in [5.41, 5.74) is 0.865. The summed E-state index contributed by atoms with van der Waals surface area (Å²) >= 11 is 3.33. The molecular formula is C13H18BrFO. The number of alkyl halides is 1. The lowest BCUT2D eigenvalue weighted by atomic mass is 10.1. The summed E-state index contributed by atoms with van der Waals surface area (Å²) in [7, 11) is 0. The second-order valence-electron chi connectivity index (χ2n) is 4.25. The van der Waals surface area contributed by atoms with E-state index >= 15 is 0 Å². The quantitative estimate of drug-likeness (QED) is 0.552. The fraction of sp³-hybridized carbons (Fsp3) is 0.538. The number of hydrogen-bond donors (Lipinski definition) is 0. The van der Waals surface area contributed by atoms with Crippen molar-refractivity contribution >= 4 is 15.9 Å². The molecule has 0 N–H and O–H groups in total. The lowest BCUT2D eigenvalue weighted by Gasteiger charge is -2.11. The van der Waals surface area contributed by atoms with Crippen molar-refractivity contribution in [2.45, 2.75) is 32.0 Å². The predicted octanol–water partition coefficient (Wildman–Crippen LogP) is 4.54. The first-order valence-electron chi connectivity index (χ1n) is 5.61. The van der Waals surface area contributed by atoms with E-state index in [4.69, 9.17) is 4.74 Å². The second kappa shape index (κ2) is 6.89. The van der Waals surface area contributed by atoms with Crippen molar-refractivity contribution in [1.29, 1.82) is 0 Å². The zero-order valence-corrected chi connectivity index (χ0v) is 11.4. The zero-order chi connectivity index (χ0) is 12.0. The third-order valence-electron chi connectivity index (χ3n) is 2.36. The molecule has 0 aliphatic rings. The van der Waals surface area contributed by atoms with Crippen molar-refractivity contribution in [2.75, 3.05) is 6.61 Å². The van der Waals surface area contributed by atoms with Gasteiger partial charge in [0.05, 0.1) is 6.61 Å². The minimum atomic E-state index is -0.276. The van der Waals surface area contributed by atoms with Gasteiger partial charge in [-0.05, 0) is 24.8 Å². The molecule has 90 valence electrons. The Labute approximate surface area is 105 Å². The van der Waals surface area contributed by atoms with E-state index in [9.17, 15) is 4.39 Å². The van der Waals surface area contributed by atoms with Gasteiger partial charge < -0.3 is 4.74 Å². The van der Waals surface area contributed by atoms with Crippen LogP contribution in [0.5, 0.6) is 5.75 Å². The van der Waals surface area contributed by atoms with E-state index in [0.717, 1.165) is 18.4 Å². The highest BCUT2D eigenvalue weighted by Gasteiger charge is 2.08. The Hall–Kier alpha value is -0.570. The largest absolute Gasteiger partial charge is 0.490 e. The number of rotatable bonds is 6. The summed E-state index contributed by atoms with van der Waals surface area (Å²) in [6, 6.07) is 5.01. The third kappa shape index (κ3) is 4.12. The molecule has 1 aromatic carbocycles. The molecule has 3 heteroatoms. The number of halogens is 2. The maximum atomic E-state index is 13.5. The maximum absolute atomic E-state index is 13.5. The first kappa shape index (κ1) is 13.5. The molecule has 1 aromatic rings. The number of hydrogen-bond acceptors (Lipinski definition) is 1.